The summed E-state index contributed by atoms with van der Waals surface area (Å²) in [7, 11) is 0. The summed E-state index contributed by atoms with van der Waals surface area (Å²) in [6, 6.07) is 8.15. The van der Waals surface area contributed by atoms with E-state index in [0.29, 0.717) is 13.0 Å². The minimum absolute atomic E-state index is 0.114. The highest BCUT2D eigenvalue weighted by Gasteiger charge is 2.17. The van der Waals surface area contributed by atoms with Crippen LogP contribution in [0, 0.1) is 0 Å². The SMILES string of the molecule is C[C@@H](CNC(=O)CC[C@@H]1CCCO1)c1nc2ccccc2s1. The molecule has 0 unspecified atom stereocenters. The fraction of sp³-hybridized carbons (Fsp3) is 0.529. The van der Waals surface area contributed by atoms with Crippen LogP contribution in [0.4, 0.5) is 0 Å². The topological polar surface area (TPSA) is 51.2 Å². The Morgan fingerprint density at radius 2 is 2.36 bits per heavy atom. The normalized spacial score (nSPS) is 19.4. The van der Waals surface area contributed by atoms with Gasteiger partial charge in [-0.15, -0.1) is 11.3 Å². The van der Waals surface area contributed by atoms with E-state index < -0.39 is 0 Å². The zero-order valence-corrected chi connectivity index (χ0v) is 13.7. The molecule has 0 radical (unpaired) electrons. The molecule has 1 aliphatic heterocycles. The van der Waals surface area contributed by atoms with Crippen molar-refractivity contribution in [1.29, 1.82) is 0 Å². The Hall–Kier alpha value is -1.46. The number of thiazole rings is 1. The number of fused-ring (bicyclic) bond motifs is 1. The Morgan fingerprint density at radius 1 is 1.50 bits per heavy atom. The lowest BCUT2D eigenvalue weighted by molar-refractivity contribution is -0.121. The molecule has 118 valence electrons. The van der Waals surface area contributed by atoms with E-state index in [1.54, 1.807) is 11.3 Å². The average Bonchev–Trinajstić information content (AvgIpc) is 3.19. The highest BCUT2D eigenvalue weighted by molar-refractivity contribution is 7.18. The van der Waals surface area contributed by atoms with Crippen LogP contribution < -0.4 is 5.32 Å². The first kappa shape index (κ1) is 15.4. The Bertz CT molecular complexity index is 601. The van der Waals surface area contributed by atoms with Gasteiger partial charge in [0.25, 0.3) is 0 Å². The number of rotatable bonds is 6. The van der Waals surface area contributed by atoms with Crippen molar-refractivity contribution in [1.82, 2.24) is 10.3 Å². The van der Waals surface area contributed by atoms with E-state index >= 15 is 0 Å². The average molecular weight is 318 g/mol. The minimum atomic E-state index is 0.114. The number of carbonyl (C=O) groups excluding carboxylic acids is 1. The standard InChI is InChI=1S/C17H22N2O2S/c1-12(17-19-14-6-2-3-7-15(14)22-17)11-18-16(20)9-8-13-5-4-10-21-13/h2-3,6-7,12-13H,4-5,8-11H2,1H3,(H,18,20)/t12-,13-/m0/s1. The molecule has 1 aromatic heterocycles. The fourth-order valence-corrected chi connectivity index (χ4v) is 3.73. The second-order valence-electron chi connectivity index (χ2n) is 5.90. The van der Waals surface area contributed by atoms with Crippen molar-refractivity contribution >= 4 is 27.5 Å². The first-order valence-electron chi connectivity index (χ1n) is 7.96. The number of aromatic nitrogens is 1. The number of hydrogen-bond donors (Lipinski definition) is 1. The van der Waals surface area contributed by atoms with Crippen molar-refractivity contribution in [2.75, 3.05) is 13.2 Å². The lowest BCUT2D eigenvalue weighted by Gasteiger charge is -2.12. The largest absolute Gasteiger partial charge is 0.378 e. The van der Waals surface area contributed by atoms with Gasteiger partial charge in [0.1, 0.15) is 0 Å². The Balaban J connectivity index is 1.46. The van der Waals surface area contributed by atoms with Gasteiger partial charge in [0.05, 0.1) is 21.3 Å². The molecule has 0 aliphatic carbocycles. The number of carbonyl (C=O) groups is 1. The molecule has 1 N–H and O–H groups in total. The first-order chi connectivity index (χ1) is 10.7. The monoisotopic (exact) mass is 318 g/mol. The van der Waals surface area contributed by atoms with Crippen LogP contribution in [-0.4, -0.2) is 30.1 Å². The maximum absolute atomic E-state index is 11.9. The van der Waals surface area contributed by atoms with E-state index in [2.05, 4.69) is 23.3 Å². The highest BCUT2D eigenvalue weighted by atomic mass is 32.1. The van der Waals surface area contributed by atoms with Crippen LogP contribution in [0.25, 0.3) is 10.2 Å². The molecule has 22 heavy (non-hydrogen) atoms. The van der Waals surface area contributed by atoms with Crippen molar-refractivity contribution in [2.45, 2.75) is 44.6 Å². The molecule has 2 heterocycles. The summed E-state index contributed by atoms with van der Waals surface area (Å²) in [6.07, 6.45) is 3.89. The summed E-state index contributed by atoms with van der Waals surface area (Å²) in [4.78, 5) is 16.6. The summed E-state index contributed by atoms with van der Waals surface area (Å²) in [6.45, 7) is 3.60. The summed E-state index contributed by atoms with van der Waals surface area (Å²) in [5, 5.41) is 4.11. The summed E-state index contributed by atoms with van der Waals surface area (Å²) >= 11 is 1.71. The predicted octanol–water partition coefficient (Wildman–Crippen LogP) is 3.48. The number of benzene rings is 1. The second kappa shape index (κ2) is 7.20. The molecule has 3 rings (SSSR count). The van der Waals surface area contributed by atoms with Gasteiger partial charge in [0.2, 0.25) is 5.91 Å². The fourth-order valence-electron chi connectivity index (χ4n) is 2.71. The number of nitrogens with one attached hydrogen (secondary N) is 1. The minimum Gasteiger partial charge on any atom is -0.378 e. The Kier molecular flexibility index (Phi) is 5.05. The number of nitrogens with zero attached hydrogens (tertiary/aromatic N) is 1. The second-order valence-corrected chi connectivity index (χ2v) is 6.96. The molecule has 5 heteroatoms. The molecule has 0 bridgehead atoms. The quantitative estimate of drug-likeness (QED) is 0.887. The van der Waals surface area contributed by atoms with Gasteiger partial charge in [0, 0.05) is 25.5 Å². The van der Waals surface area contributed by atoms with E-state index in [-0.39, 0.29) is 17.9 Å². The maximum atomic E-state index is 11.9. The molecular weight excluding hydrogens is 296 g/mol. The molecule has 0 spiro atoms. The van der Waals surface area contributed by atoms with Gasteiger partial charge in [-0.25, -0.2) is 4.98 Å². The Morgan fingerprint density at radius 3 is 3.14 bits per heavy atom. The zero-order valence-electron chi connectivity index (χ0n) is 12.9. The number of ether oxygens (including phenoxy) is 1. The summed E-state index contributed by atoms with van der Waals surface area (Å²) in [5.41, 5.74) is 1.04. The van der Waals surface area contributed by atoms with E-state index in [0.717, 1.165) is 36.4 Å². The van der Waals surface area contributed by atoms with E-state index in [9.17, 15) is 4.79 Å². The van der Waals surface area contributed by atoms with Gasteiger partial charge in [0.15, 0.2) is 0 Å². The lowest BCUT2D eigenvalue weighted by atomic mass is 10.1. The third kappa shape index (κ3) is 3.84. The first-order valence-corrected chi connectivity index (χ1v) is 8.78. The maximum Gasteiger partial charge on any atom is 0.220 e. The van der Waals surface area contributed by atoms with Crippen LogP contribution in [0.1, 0.15) is 43.5 Å². The lowest BCUT2D eigenvalue weighted by Crippen LogP contribution is -2.28. The van der Waals surface area contributed by atoms with Gasteiger partial charge in [-0.2, -0.15) is 0 Å². The third-order valence-electron chi connectivity index (χ3n) is 4.05. The molecule has 2 atom stereocenters. The van der Waals surface area contributed by atoms with Crippen LogP contribution in [0.5, 0.6) is 0 Å². The molecule has 1 fully saturated rings. The molecule has 1 aromatic carbocycles. The molecule has 1 amide bonds. The van der Waals surface area contributed by atoms with Crippen molar-refractivity contribution in [3.05, 3.63) is 29.3 Å². The summed E-state index contributed by atoms with van der Waals surface area (Å²) in [5.74, 6) is 0.354. The number of hydrogen-bond acceptors (Lipinski definition) is 4. The number of para-hydroxylation sites is 1. The zero-order chi connectivity index (χ0) is 15.4. The molecule has 2 aromatic rings. The summed E-state index contributed by atoms with van der Waals surface area (Å²) < 4.78 is 6.75. The smallest absolute Gasteiger partial charge is 0.220 e. The van der Waals surface area contributed by atoms with E-state index in [1.165, 1.54) is 4.70 Å². The van der Waals surface area contributed by atoms with Gasteiger partial charge in [-0.1, -0.05) is 19.1 Å². The van der Waals surface area contributed by atoms with Gasteiger partial charge in [-0.05, 0) is 31.4 Å². The van der Waals surface area contributed by atoms with E-state index in [4.69, 9.17) is 4.74 Å². The van der Waals surface area contributed by atoms with Crippen LogP contribution >= 0.6 is 11.3 Å². The highest BCUT2D eigenvalue weighted by Crippen LogP contribution is 2.26. The van der Waals surface area contributed by atoms with Crippen molar-refractivity contribution < 1.29 is 9.53 Å². The molecule has 1 saturated heterocycles. The van der Waals surface area contributed by atoms with Crippen LogP contribution in [0.15, 0.2) is 24.3 Å². The molecule has 4 nitrogen and oxygen atoms in total. The van der Waals surface area contributed by atoms with Gasteiger partial charge in [-0.3, -0.25) is 4.79 Å². The van der Waals surface area contributed by atoms with Crippen molar-refractivity contribution in [3.63, 3.8) is 0 Å². The van der Waals surface area contributed by atoms with Gasteiger partial charge < -0.3 is 10.1 Å². The van der Waals surface area contributed by atoms with Crippen LogP contribution in [-0.2, 0) is 9.53 Å². The third-order valence-corrected chi connectivity index (χ3v) is 5.32. The predicted molar refractivity (Wildman–Crippen MR) is 89.3 cm³/mol. The van der Waals surface area contributed by atoms with Crippen LogP contribution in [0.3, 0.4) is 0 Å². The Labute approximate surface area is 134 Å². The molecular formula is C17H22N2O2S. The van der Waals surface area contributed by atoms with Gasteiger partial charge >= 0.3 is 0 Å². The molecule has 0 saturated carbocycles. The van der Waals surface area contributed by atoms with Crippen molar-refractivity contribution in [3.8, 4) is 0 Å². The van der Waals surface area contributed by atoms with E-state index in [1.807, 2.05) is 18.2 Å². The molecule has 1 aliphatic rings. The van der Waals surface area contributed by atoms with Crippen LogP contribution in [0.2, 0.25) is 0 Å². The number of amides is 1. The van der Waals surface area contributed by atoms with Crippen molar-refractivity contribution in [2.24, 2.45) is 0 Å².